The van der Waals surface area contributed by atoms with E-state index < -0.39 is 0 Å². The monoisotopic (exact) mass is 414 g/mol. The summed E-state index contributed by atoms with van der Waals surface area (Å²) >= 11 is 6.26. The number of nitrogens with zero attached hydrogens (tertiary/aromatic N) is 4. The fourth-order valence-corrected chi connectivity index (χ4v) is 3.00. The van der Waals surface area contributed by atoms with Crippen molar-refractivity contribution < 1.29 is 4.74 Å². The number of unbranched alkanes of at least 4 members (excludes halogenated alkanes) is 1. The third-order valence-corrected chi connectivity index (χ3v) is 4.97. The molecule has 0 radical (unpaired) electrons. The van der Waals surface area contributed by atoms with Crippen LogP contribution in [0, 0.1) is 10.8 Å². The van der Waals surface area contributed by atoms with Gasteiger partial charge in [-0.05, 0) is 61.7 Å². The minimum absolute atomic E-state index is 0.195. The highest BCUT2D eigenvalue weighted by molar-refractivity contribution is 6.32. The predicted molar refractivity (Wildman–Crippen MR) is 121 cm³/mol. The SMILES string of the molecule is C=NC(=NC(N=O)=NCC1=CC(CC)CC=C1Cl)c1ccc(OCCCC)cc1. The molecule has 1 unspecified atom stereocenters. The average molecular weight is 415 g/mol. The van der Waals surface area contributed by atoms with Crippen LogP contribution in [0.2, 0.25) is 0 Å². The zero-order valence-corrected chi connectivity index (χ0v) is 17.7. The van der Waals surface area contributed by atoms with Crippen LogP contribution in [0.15, 0.2) is 67.2 Å². The normalized spacial score (nSPS) is 17.4. The van der Waals surface area contributed by atoms with Crippen molar-refractivity contribution in [1.29, 1.82) is 0 Å². The first-order chi connectivity index (χ1) is 14.1. The van der Waals surface area contributed by atoms with Crippen molar-refractivity contribution >= 4 is 30.1 Å². The fourth-order valence-electron chi connectivity index (χ4n) is 2.79. The Labute approximate surface area is 177 Å². The van der Waals surface area contributed by atoms with Crippen LogP contribution >= 0.6 is 11.6 Å². The van der Waals surface area contributed by atoms with E-state index in [9.17, 15) is 4.91 Å². The van der Waals surface area contributed by atoms with Crippen LogP contribution in [0.5, 0.6) is 5.75 Å². The lowest BCUT2D eigenvalue weighted by Gasteiger charge is -2.16. The molecule has 0 saturated heterocycles. The Bertz CT molecular complexity index is 826. The molecule has 0 saturated carbocycles. The molecule has 0 heterocycles. The van der Waals surface area contributed by atoms with E-state index in [0.29, 0.717) is 23.1 Å². The van der Waals surface area contributed by atoms with E-state index in [0.717, 1.165) is 37.0 Å². The number of rotatable bonds is 8. The number of nitroso groups, excluding NO2 is 1. The summed E-state index contributed by atoms with van der Waals surface area (Å²) in [5.74, 6) is 1.28. The highest BCUT2D eigenvalue weighted by Crippen LogP contribution is 2.27. The molecule has 1 aromatic rings. The van der Waals surface area contributed by atoms with Gasteiger partial charge in [0.05, 0.1) is 13.2 Å². The van der Waals surface area contributed by atoms with Crippen LogP contribution < -0.4 is 4.74 Å². The highest BCUT2D eigenvalue weighted by atomic mass is 35.5. The van der Waals surface area contributed by atoms with Crippen molar-refractivity contribution in [2.24, 2.45) is 26.1 Å². The lowest BCUT2D eigenvalue weighted by Crippen LogP contribution is -2.06. The molecule has 0 spiro atoms. The van der Waals surface area contributed by atoms with Gasteiger partial charge < -0.3 is 4.74 Å². The van der Waals surface area contributed by atoms with Crippen LogP contribution in [-0.2, 0) is 0 Å². The summed E-state index contributed by atoms with van der Waals surface area (Å²) in [6.45, 7) is 8.69. The highest BCUT2D eigenvalue weighted by Gasteiger charge is 2.13. The Morgan fingerprint density at radius 3 is 2.66 bits per heavy atom. The summed E-state index contributed by atoms with van der Waals surface area (Å²) in [5, 5.41) is 3.59. The number of aliphatic imine (C=N–C) groups is 3. The predicted octanol–water partition coefficient (Wildman–Crippen LogP) is 5.91. The van der Waals surface area contributed by atoms with Gasteiger partial charge in [0.2, 0.25) is 0 Å². The van der Waals surface area contributed by atoms with Crippen molar-refractivity contribution in [3.8, 4) is 5.75 Å². The Morgan fingerprint density at radius 2 is 2.03 bits per heavy atom. The summed E-state index contributed by atoms with van der Waals surface area (Å²) < 4.78 is 5.65. The van der Waals surface area contributed by atoms with E-state index in [-0.39, 0.29) is 18.3 Å². The van der Waals surface area contributed by atoms with E-state index in [4.69, 9.17) is 16.3 Å². The molecule has 7 heteroatoms. The standard InChI is InChI=1S/C22H27ClN4O2/c1-4-6-13-29-19-10-8-17(9-11-19)21(24-3)26-22(27-28)25-15-18-14-16(5-2)7-12-20(18)23/h8-12,14,16H,3-7,13,15H2,1-2H3. The molecule has 0 aromatic heterocycles. The Hall–Kier alpha value is -2.60. The molecule has 0 bridgehead atoms. The van der Waals surface area contributed by atoms with E-state index in [2.05, 4.69) is 46.8 Å². The minimum atomic E-state index is -0.195. The first-order valence-electron chi connectivity index (χ1n) is 9.84. The second kappa shape index (κ2) is 12.1. The largest absolute Gasteiger partial charge is 0.494 e. The van der Waals surface area contributed by atoms with Gasteiger partial charge in [0, 0.05) is 15.8 Å². The number of halogens is 1. The molecule has 0 aliphatic heterocycles. The summed E-state index contributed by atoms with van der Waals surface area (Å²) in [7, 11) is 0. The summed E-state index contributed by atoms with van der Waals surface area (Å²) in [6.07, 6.45) is 8.10. The first kappa shape index (κ1) is 22.7. The molecule has 154 valence electrons. The van der Waals surface area contributed by atoms with Crippen molar-refractivity contribution in [2.45, 2.75) is 39.5 Å². The topological polar surface area (TPSA) is 75.7 Å². The van der Waals surface area contributed by atoms with E-state index in [1.54, 1.807) is 0 Å². The van der Waals surface area contributed by atoms with E-state index in [1.807, 2.05) is 30.3 Å². The van der Waals surface area contributed by atoms with Crippen molar-refractivity contribution in [3.63, 3.8) is 0 Å². The van der Waals surface area contributed by atoms with Gasteiger partial charge in [-0.3, -0.25) is 0 Å². The zero-order valence-electron chi connectivity index (χ0n) is 17.0. The van der Waals surface area contributed by atoms with Gasteiger partial charge >= 0.3 is 0 Å². The third kappa shape index (κ3) is 7.06. The van der Waals surface area contributed by atoms with E-state index in [1.165, 1.54) is 0 Å². The van der Waals surface area contributed by atoms with Crippen LogP contribution in [0.3, 0.4) is 0 Å². The van der Waals surface area contributed by atoms with E-state index >= 15 is 0 Å². The van der Waals surface area contributed by atoms with Gasteiger partial charge in [-0.15, -0.1) is 4.91 Å². The summed E-state index contributed by atoms with van der Waals surface area (Å²) in [4.78, 5) is 23.5. The van der Waals surface area contributed by atoms with Crippen LogP contribution in [0.1, 0.15) is 45.1 Å². The summed E-state index contributed by atoms with van der Waals surface area (Å²) in [5.41, 5.74) is 1.57. The average Bonchev–Trinajstić information content (AvgIpc) is 2.76. The van der Waals surface area contributed by atoms with Gasteiger partial charge in [-0.1, -0.05) is 44.0 Å². The number of benzene rings is 1. The molecule has 0 fully saturated rings. The minimum Gasteiger partial charge on any atom is -0.494 e. The van der Waals surface area contributed by atoms with Crippen LogP contribution in [0.4, 0.5) is 0 Å². The van der Waals surface area contributed by atoms with Crippen molar-refractivity contribution in [2.75, 3.05) is 13.2 Å². The molecule has 1 aliphatic carbocycles. The molecule has 2 rings (SSSR count). The van der Waals surface area contributed by atoms with Crippen molar-refractivity contribution in [3.05, 3.63) is 57.5 Å². The molecule has 1 aromatic carbocycles. The molecule has 1 atom stereocenters. The first-order valence-corrected chi connectivity index (χ1v) is 10.2. The van der Waals surface area contributed by atoms with Crippen LogP contribution in [0.25, 0.3) is 0 Å². The Morgan fingerprint density at radius 1 is 1.28 bits per heavy atom. The van der Waals surface area contributed by atoms with Gasteiger partial charge in [0.1, 0.15) is 5.75 Å². The number of hydrogen-bond donors (Lipinski definition) is 0. The molecule has 6 nitrogen and oxygen atoms in total. The van der Waals surface area contributed by atoms with Gasteiger partial charge in [-0.25, -0.2) is 9.98 Å². The Balaban J connectivity index is 2.13. The van der Waals surface area contributed by atoms with Gasteiger partial charge in [-0.2, -0.15) is 4.99 Å². The van der Waals surface area contributed by atoms with Gasteiger partial charge in [0.25, 0.3) is 5.96 Å². The quantitative estimate of drug-likeness (QED) is 0.229. The number of allylic oxidation sites excluding steroid dienone is 2. The molecular weight excluding hydrogens is 388 g/mol. The fraction of sp³-hybridized carbons (Fsp3) is 0.409. The van der Waals surface area contributed by atoms with Crippen LogP contribution in [-0.4, -0.2) is 31.7 Å². The summed E-state index contributed by atoms with van der Waals surface area (Å²) in [6, 6.07) is 7.29. The maximum absolute atomic E-state index is 11.2. The smallest absolute Gasteiger partial charge is 0.288 e. The second-order valence-corrected chi connectivity index (χ2v) is 7.08. The number of ether oxygens (including phenoxy) is 1. The molecular formula is C22H27ClN4O2. The zero-order chi connectivity index (χ0) is 21.1. The molecule has 1 aliphatic rings. The van der Waals surface area contributed by atoms with Crippen molar-refractivity contribution in [1.82, 2.24) is 0 Å². The number of hydrogen-bond acceptors (Lipinski definition) is 3. The number of guanidine groups is 1. The lowest BCUT2D eigenvalue weighted by molar-refractivity contribution is 0.309. The molecule has 29 heavy (non-hydrogen) atoms. The second-order valence-electron chi connectivity index (χ2n) is 6.68. The molecule has 0 N–H and O–H groups in total. The number of amidine groups is 1. The lowest BCUT2D eigenvalue weighted by atomic mass is 9.94. The maximum Gasteiger partial charge on any atom is 0.288 e. The van der Waals surface area contributed by atoms with Gasteiger partial charge in [0.15, 0.2) is 5.84 Å². The maximum atomic E-state index is 11.2. The Kier molecular flexibility index (Phi) is 9.44. The third-order valence-electron chi connectivity index (χ3n) is 4.58. The molecule has 0 amide bonds.